The first-order valence-electron chi connectivity index (χ1n) is 7.74. The van der Waals surface area contributed by atoms with Crippen LogP contribution in [0.4, 0.5) is 0 Å². The normalized spacial score (nSPS) is 17.4. The van der Waals surface area contributed by atoms with Crippen molar-refractivity contribution in [1.29, 1.82) is 0 Å². The molecule has 5 nitrogen and oxygen atoms in total. The van der Waals surface area contributed by atoms with Crippen LogP contribution in [0.25, 0.3) is 0 Å². The van der Waals surface area contributed by atoms with E-state index in [1.54, 1.807) is 12.0 Å². The van der Waals surface area contributed by atoms with Crippen LogP contribution in [-0.2, 0) is 20.9 Å². The Bertz CT molecular complexity index is 529. The van der Waals surface area contributed by atoms with E-state index in [4.69, 9.17) is 9.47 Å². The van der Waals surface area contributed by atoms with Crippen molar-refractivity contribution < 1.29 is 19.1 Å². The third-order valence-electron chi connectivity index (χ3n) is 3.82. The third-order valence-corrected chi connectivity index (χ3v) is 3.82. The number of rotatable bonds is 6. The van der Waals surface area contributed by atoms with Crippen LogP contribution in [0.5, 0.6) is 5.75 Å². The van der Waals surface area contributed by atoms with Crippen molar-refractivity contribution in [2.75, 3.05) is 13.7 Å². The molecule has 0 spiro atoms. The summed E-state index contributed by atoms with van der Waals surface area (Å²) in [5, 5.41) is 0. The van der Waals surface area contributed by atoms with Gasteiger partial charge in [0.05, 0.1) is 7.11 Å². The molecule has 1 aliphatic rings. The van der Waals surface area contributed by atoms with E-state index in [0.29, 0.717) is 19.4 Å². The minimum atomic E-state index is -0.426. The van der Waals surface area contributed by atoms with E-state index in [2.05, 4.69) is 0 Å². The lowest BCUT2D eigenvalue weighted by Crippen LogP contribution is -2.41. The van der Waals surface area contributed by atoms with Crippen molar-refractivity contribution in [3.8, 4) is 5.75 Å². The summed E-state index contributed by atoms with van der Waals surface area (Å²) >= 11 is 0. The average molecular weight is 305 g/mol. The van der Waals surface area contributed by atoms with Gasteiger partial charge in [0.15, 0.2) is 0 Å². The molecule has 0 radical (unpaired) electrons. The van der Waals surface area contributed by atoms with Gasteiger partial charge in [-0.25, -0.2) is 4.79 Å². The maximum atomic E-state index is 12.2. The second-order valence-electron chi connectivity index (χ2n) is 5.45. The molecule has 1 heterocycles. The van der Waals surface area contributed by atoms with Crippen molar-refractivity contribution in [3.05, 3.63) is 29.8 Å². The molecule has 120 valence electrons. The summed E-state index contributed by atoms with van der Waals surface area (Å²) in [4.78, 5) is 25.9. The Morgan fingerprint density at radius 2 is 2.18 bits per heavy atom. The summed E-state index contributed by atoms with van der Waals surface area (Å²) in [6.07, 6.45) is 2.82. The summed E-state index contributed by atoms with van der Waals surface area (Å²) in [6, 6.07) is 6.98. The maximum Gasteiger partial charge on any atom is 0.329 e. The van der Waals surface area contributed by atoms with Crippen molar-refractivity contribution in [2.45, 2.75) is 45.3 Å². The predicted octanol–water partition coefficient (Wildman–Crippen LogP) is 2.53. The molecule has 1 saturated heterocycles. The molecule has 1 fully saturated rings. The van der Waals surface area contributed by atoms with Crippen molar-refractivity contribution >= 4 is 11.9 Å². The lowest BCUT2D eigenvalue weighted by Gasteiger charge is -2.23. The number of likely N-dealkylation sites (tertiary alicyclic amines) is 1. The number of hydrogen-bond acceptors (Lipinski definition) is 4. The first-order valence-corrected chi connectivity index (χ1v) is 7.74. The van der Waals surface area contributed by atoms with Crippen LogP contribution in [0.3, 0.4) is 0 Å². The van der Waals surface area contributed by atoms with Gasteiger partial charge < -0.3 is 14.4 Å². The highest BCUT2D eigenvalue weighted by molar-refractivity contribution is 5.85. The lowest BCUT2D eigenvalue weighted by atomic mass is 10.2. The number of nitrogens with zero attached hydrogens (tertiary/aromatic N) is 1. The molecule has 1 unspecified atom stereocenters. The predicted molar refractivity (Wildman–Crippen MR) is 82.4 cm³/mol. The van der Waals surface area contributed by atoms with Gasteiger partial charge in [0, 0.05) is 13.0 Å². The Kier molecular flexibility index (Phi) is 5.81. The third kappa shape index (κ3) is 4.00. The number of methoxy groups -OCH3 is 1. The van der Waals surface area contributed by atoms with Gasteiger partial charge in [0.2, 0.25) is 5.91 Å². The van der Waals surface area contributed by atoms with E-state index in [-0.39, 0.29) is 18.5 Å². The zero-order valence-corrected chi connectivity index (χ0v) is 13.2. The van der Waals surface area contributed by atoms with Gasteiger partial charge in [-0.1, -0.05) is 19.1 Å². The summed E-state index contributed by atoms with van der Waals surface area (Å²) in [7, 11) is 1.60. The largest absolute Gasteiger partial charge is 0.497 e. The number of carbonyl (C=O) groups excluding carboxylic acids is 2. The fraction of sp³-hybridized carbons (Fsp3) is 0.529. The molecular weight excluding hydrogens is 282 g/mol. The van der Waals surface area contributed by atoms with Crippen LogP contribution < -0.4 is 4.74 Å². The molecule has 0 saturated carbocycles. The molecule has 22 heavy (non-hydrogen) atoms. The van der Waals surface area contributed by atoms with E-state index in [9.17, 15) is 9.59 Å². The highest BCUT2D eigenvalue weighted by Gasteiger charge is 2.34. The first-order chi connectivity index (χ1) is 10.7. The van der Waals surface area contributed by atoms with Gasteiger partial charge in [0.25, 0.3) is 0 Å². The Hall–Kier alpha value is -2.04. The van der Waals surface area contributed by atoms with Gasteiger partial charge in [0.1, 0.15) is 18.4 Å². The van der Waals surface area contributed by atoms with Gasteiger partial charge in [-0.2, -0.15) is 0 Å². The summed E-state index contributed by atoms with van der Waals surface area (Å²) in [5.74, 6) is 0.460. The highest BCUT2D eigenvalue weighted by atomic mass is 16.5. The molecule has 0 aliphatic carbocycles. The molecule has 5 heteroatoms. The standard InChI is InChI=1S/C17H23NO4/c1-3-6-16(19)18-10-5-9-15(18)17(20)22-12-13-7-4-8-14(11-13)21-2/h4,7-8,11,15H,3,5-6,9-10,12H2,1-2H3. The molecule has 0 bridgehead atoms. The quantitative estimate of drug-likeness (QED) is 0.758. The van der Waals surface area contributed by atoms with Gasteiger partial charge >= 0.3 is 5.97 Å². The molecule has 0 N–H and O–H groups in total. The molecule has 1 amide bonds. The Balaban J connectivity index is 1.92. The van der Waals surface area contributed by atoms with Crippen LogP contribution in [0, 0.1) is 0 Å². The number of ether oxygens (including phenoxy) is 2. The van der Waals surface area contributed by atoms with Gasteiger partial charge in [-0.15, -0.1) is 0 Å². The Morgan fingerprint density at radius 3 is 2.91 bits per heavy atom. The molecule has 2 rings (SSSR count). The van der Waals surface area contributed by atoms with Crippen LogP contribution >= 0.6 is 0 Å². The molecule has 0 aromatic heterocycles. The van der Waals surface area contributed by atoms with Crippen molar-refractivity contribution in [2.24, 2.45) is 0 Å². The topological polar surface area (TPSA) is 55.8 Å². The highest BCUT2D eigenvalue weighted by Crippen LogP contribution is 2.21. The van der Waals surface area contributed by atoms with Gasteiger partial charge in [-0.05, 0) is 37.0 Å². The van der Waals surface area contributed by atoms with E-state index >= 15 is 0 Å². The SMILES string of the molecule is CCCC(=O)N1CCCC1C(=O)OCc1cccc(OC)c1. The van der Waals surface area contributed by atoms with E-state index in [1.807, 2.05) is 31.2 Å². The molecule has 1 aromatic carbocycles. The van der Waals surface area contributed by atoms with Crippen molar-refractivity contribution in [1.82, 2.24) is 4.90 Å². The van der Waals surface area contributed by atoms with E-state index < -0.39 is 6.04 Å². The van der Waals surface area contributed by atoms with Crippen LogP contribution in [-0.4, -0.2) is 36.5 Å². The molecular formula is C17H23NO4. The fourth-order valence-corrected chi connectivity index (χ4v) is 2.68. The monoisotopic (exact) mass is 305 g/mol. The van der Waals surface area contributed by atoms with E-state index in [0.717, 1.165) is 24.2 Å². The number of amides is 1. The Morgan fingerprint density at radius 1 is 1.36 bits per heavy atom. The fourth-order valence-electron chi connectivity index (χ4n) is 2.68. The maximum absolute atomic E-state index is 12.2. The molecule has 1 aliphatic heterocycles. The van der Waals surface area contributed by atoms with E-state index in [1.165, 1.54) is 0 Å². The van der Waals surface area contributed by atoms with Crippen LogP contribution in [0.15, 0.2) is 24.3 Å². The smallest absolute Gasteiger partial charge is 0.329 e. The summed E-state index contributed by atoms with van der Waals surface area (Å²) in [5.41, 5.74) is 0.872. The number of hydrogen-bond donors (Lipinski definition) is 0. The zero-order valence-electron chi connectivity index (χ0n) is 13.2. The second-order valence-corrected chi connectivity index (χ2v) is 5.45. The van der Waals surface area contributed by atoms with Crippen LogP contribution in [0.2, 0.25) is 0 Å². The summed E-state index contributed by atoms with van der Waals surface area (Å²) in [6.45, 7) is 2.81. The molecule has 1 aromatic rings. The summed E-state index contributed by atoms with van der Waals surface area (Å²) < 4.78 is 10.5. The second kappa shape index (κ2) is 7.82. The average Bonchev–Trinajstić information content (AvgIpc) is 3.03. The minimum absolute atomic E-state index is 0.0448. The number of esters is 1. The Labute approximate surface area is 131 Å². The number of benzene rings is 1. The number of carbonyl (C=O) groups is 2. The first kappa shape index (κ1) is 16.3. The lowest BCUT2D eigenvalue weighted by molar-refractivity contribution is -0.154. The molecule has 1 atom stereocenters. The van der Waals surface area contributed by atoms with Crippen LogP contribution in [0.1, 0.15) is 38.2 Å². The van der Waals surface area contributed by atoms with Crippen molar-refractivity contribution in [3.63, 3.8) is 0 Å². The minimum Gasteiger partial charge on any atom is -0.497 e. The van der Waals surface area contributed by atoms with Gasteiger partial charge in [-0.3, -0.25) is 4.79 Å². The zero-order chi connectivity index (χ0) is 15.9.